The van der Waals surface area contributed by atoms with Crippen molar-refractivity contribution in [2.75, 3.05) is 0 Å². The summed E-state index contributed by atoms with van der Waals surface area (Å²) in [4.78, 5) is 4.31. The summed E-state index contributed by atoms with van der Waals surface area (Å²) in [6.07, 6.45) is 0. The highest BCUT2D eigenvalue weighted by Crippen LogP contribution is 2.32. The van der Waals surface area contributed by atoms with Gasteiger partial charge in [0.25, 0.3) is 0 Å². The highest BCUT2D eigenvalue weighted by atomic mass is 35.5. The van der Waals surface area contributed by atoms with E-state index in [-0.39, 0.29) is 23.4 Å². The van der Waals surface area contributed by atoms with Crippen molar-refractivity contribution < 1.29 is 8.78 Å². The second-order valence-corrected chi connectivity index (χ2v) is 5.74. The van der Waals surface area contributed by atoms with Crippen LogP contribution in [0.2, 0.25) is 0 Å². The minimum atomic E-state index is -0.570. The second kappa shape index (κ2) is 5.33. The van der Waals surface area contributed by atoms with Crippen molar-refractivity contribution in [3.05, 3.63) is 40.9 Å². The Balaban J connectivity index is 0.00000162. The van der Waals surface area contributed by atoms with Crippen LogP contribution in [0.5, 0.6) is 0 Å². The molecule has 1 aromatic carbocycles. The fraction of sp³-hybridized carbons (Fsp3) is 0.308. The summed E-state index contributed by atoms with van der Waals surface area (Å²) in [5, 5.41) is 2.24. The number of nitrogens with zero attached hydrogens (tertiary/aromatic N) is 1. The Morgan fingerprint density at radius 3 is 2.11 bits per heavy atom. The number of hydrogen-bond donors (Lipinski definition) is 0. The molecule has 0 amide bonds. The third kappa shape index (κ3) is 2.87. The molecule has 2 rings (SSSR count). The predicted molar refractivity (Wildman–Crippen MR) is 73.4 cm³/mol. The lowest BCUT2D eigenvalue weighted by Gasteiger charge is -2.14. The summed E-state index contributed by atoms with van der Waals surface area (Å²) in [6, 6.07) is 3.85. The molecule has 0 unspecified atom stereocenters. The molecule has 0 atom stereocenters. The molecule has 0 saturated heterocycles. The van der Waals surface area contributed by atoms with Gasteiger partial charge in [0.15, 0.2) is 0 Å². The van der Waals surface area contributed by atoms with E-state index in [1.165, 1.54) is 29.5 Å². The molecule has 0 aliphatic carbocycles. The van der Waals surface area contributed by atoms with Gasteiger partial charge in [0.2, 0.25) is 0 Å². The van der Waals surface area contributed by atoms with Gasteiger partial charge in [0.05, 0.1) is 11.3 Å². The lowest BCUT2D eigenvalue weighted by molar-refractivity contribution is 0.570. The molecule has 0 radical (unpaired) electrons. The van der Waals surface area contributed by atoms with Gasteiger partial charge in [0.1, 0.15) is 16.6 Å². The van der Waals surface area contributed by atoms with Crippen molar-refractivity contribution in [1.29, 1.82) is 0 Å². The zero-order valence-corrected chi connectivity index (χ0v) is 12.0. The summed E-state index contributed by atoms with van der Waals surface area (Å²) in [5.74, 6) is -1.14. The van der Waals surface area contributed by atoms with Crippen molar-refractivity contribution in [1.82, 2.24) is 4.98 Å². The highest BCUT2D eigenvalue weighted by molar-refractivity contribution is 7.13. The predicted octanol–water partition coefficient (Wildman–Crippen LogP) is 4.81. The Labute approximate surface area is 115 Å². The number of rotatable bonds is 1. The van der Waals surface area contributed by atoms with Gasteiger partial charge in [-0.25, -0.2) is 13.8 Å². The zero-order chi connectivity index (χ0) is 12.6. The first-order valence-electron chi connectivity index (χ1n) is 5.30. The first kappa shape index (κ1) is 15.1. The van der Waals surface area contributed by atoms with E-state index in [1.807, 2.05) is 26.2 Å². The van der Waals surface area contributed by atoms with E-state index < -0.39 is 11.6 Å². The molecule has 0 spiro atoms. The normalized spacial score (nSPS) is 11.2. The first-order chi connectivity index (χ1) is 7.89. The summed E-state index contributed by atoms with van der Waals surface area (Å²) in [5.41, 5.74) is 0.699. The van der Waals surface area contributed by atoms with Crippen LogP contribution in [-0.2, 0) is 5.41 Å². The third-order valence-corrected chi connectivity index (χ3v) is 3.31. The Morgan fingerprint density at radius 1 is 1.11 bits per heavy atom. The van der Waals surface area contributed by atoms with E-state index in [4.69, 9.17) is 0 Å². The largest absolute Gasteiger partial charge is 0.240 e. The lowest BCUT2D eigenvalue weighted by atomic mass is 9.93. The molecular weight excluding hydrogens is 276 g/mol. The van der Waals surface area contributed by atoms with E-state index in [9.17, 15) is 8.78 Å². The average Bonchev–Trinajstić information content (AvgIpc) is 2.65. The molecule has 0 saturated carbocycles. The van der Waals surface area contributed by atoms with Crippen molar-refractivity contribution >= 4 is 23.7 Å². The SMILES string of the molecule is CC(C)(C)c1csc(-c2c(F)cccc2F)n1.Cl. The van der Waals surface area contributed by atoms with Crippen molar-refractivity contribution in [3.8, 4) is 10.6 Å². The Morgan fingerprint density at radius 2 is 1.67 bits per heavy atom. The maximum Gasteiger partial charge on any atom is 0.136 e. The summed E-state index contributed by atoms with van der Waals surface area (Å²) in [6.45, 7) is 6.05. The first-order valence-corrected chi connectivity index (χ1v) is 6.18. The van der Waals surface area contributed by atoms with Crippen LogP contribution in [0.3, 0.4) is 0 Å². The fourth-order valence-corrected chi connectivity index (χ4v) is 2.53. The molecular formula is C13H14ClF2NS. The molecule has 2 aromatic rings. The smallest absolute Gasteiger partial charge is 0.136 e. The van der Waals surface area contributed by atoms with Crippen LogP contribution in [0.1, 0.15) is 26.5 Å². The minimum absolute atomic E-state index is 0. The van der Waals surface area contributed by atoms with Crippen molar-refractivity contribution in [2.45, 2.75) is 26.2 Å². The van der Waals surface area contributed by atoms with E-state index in [0.717, 1.165) is 5.69 Å². The maximum absolute atomic E-state index is 13.6. The van der Waals surface area contributed by atoms with E-state index >= 15 is 0 Å². The van der Waals surface area contributed by atoms with Crippen LogP contribution in [0.4, 0.5) is 8.78 Å². The monoisotopic (exact) mass is 289 g/mol. The van der Waals surface area contributed by atoms with Gasteiger partial charge < -0.3 is 0 Å². The molecule has 1 aromatic heterocycles. The molecule has 0 N–H and O–H groups in total. The van der Waals surface area contributed by atoms with Crippen LogP contribution in [0, 0.1) is 11.6 Å². The van der Waals surface area contributed by atoms with E-state index in [0.29, 0.717) is 5.01 Å². The van der Waals surface area contributed by atoms with Gasteiger partial charge in [-0.3, -0.25) is 0 Å². The number of hydrogen-bond acceptors (Lipinski definition) is 2. The van der Waals surface area contributed by atoms with Gasteiger partial charge >= 0.3 is 0 Å². The Bertz CT molecular complexity index is 526. The van der Waals surface area contributed by atoms with Crippen LogP contribution in [-0.4, -0.2) is 4.98 Å². The molecule has 0 aliphatic heterocycles. The minimum Gasteiger partial charge on any atom is -0.240 e. The van der Waals surface area contributed by atoms with E-state index in [2.05, 4.69) is 4.98 Å². The second-order valence-electron chi connectivity index (χ2n) is 4.88. The highest BCUT2D eigenvalue weighted by Gasteiger charge is 2.20. The lowest BCUT2D eigenvalue weighted by Crippen LogP contribution is -2.11. The number of thiazole rings is 1. The van der Waals surface area contributed by atoms with Crippen LogP contribution < -0.4 is 0 Å². The number of benzene rings is 1. The molecule has 98 valence electrons. The Hall–Kier alpha value is -1.00. The van der Waals surface area contributed by atoms with Gasteiger partial charge in [-0.05, 0) is 12.1 Å². The Kier molecular flexibility index (Phi) is 4.46. The average molecular weight is 290 g/mol. The van der Waals surface area contributed by atoms with Gasteiger partial charge in [-0.15, -0.1) is 23.7 Å². The van der Waals surface area contributed by atoms with Crippen LogP contribution in [0.15, 0.2) is 23.6 Å². The number of aromatic nitrogens is 1. The zero-order valence-electron chi connectivity index (χ0n) is 10.3. The van der Waals surface area contributed by atoms with Gasteiger partial charge in [0, 0.05) is 10.8 Å². The molecule has 18 heavy (non-hydrogen) atoms. The molecule has 1 heterocycles. The number of halogens is 3. The van der Waals surface area contributed by atoms with Crippen LogP contribution >= 0.6 is 23.7 Å². The standard InChI is InChI=1S/C13H13F2NS.ClH/c1-13(2,3)10-7-17-12(16-10)11-8(14)5-4-6-9(11)15;/h4-7H,1-3H3;1H. The quantitative estimate of drug-likeness (QED) is 0.734. The van der Waals surface area contributed by atoms with Crippen molar-refractivity contribution in [3.63, 3.8) is 0 Å². The summed E-state index contributed by atoms with van der Waals surface area (Å²) >= 11 is 1.27. The molecule has 0 bridgehead atoms. The molecule has 0 fully saturated rings. The van der Waals surface area contributed by atoms with Crippen molar-refractivity contribution in [2.24, 2.45) is 0 Å². The van der Waals surface area contributed by atoms with Crippen LogP contribution in [0.25, 0.3) is 10.6 Å². The topological polar surface area (TPSA) is 12.9 Å². The summed E-state index contributed by atoms with van der Waals surface area (Å²) in [7, 11) is 0. The third-order valence-electron chi connectivity index (χ3n) is 2.45. The molecule has 0 aliphatic rings. The molecule has 1 nitrogen and oxygen atoms in total. The fourth-order valence-electron chi connectivity index (χ4n) is 1.44. The van der Waals surface area contributed by atoms with Gasteiger partial charge in [-0.1, -0.05) is 26.8 Å². The van der Waals surface area contributed by atoms with Gasteiger partial charge in [-0.2, -0.15) is 0 Å². The van der Waals surface area contributed by atoms with E-state index in [1.54, 1.807) is 0 Å². The summed E-state index contributed by atoms with van der Waals surface area (Å²) < 4.78 is 27.1. The maximum atomic E-state index is 13.6. The molecule has 5 heteroatoms.